The number of pyridine rings is 2. The van der Waals surface area contributed by atoms with E-state index < -0.39 is 14.1 Å². The molecule has 204 valence electrons. The number of rotatable bonds is 11. The second-order valence-electron chi connectivity index (χ2n) is 8.37. The van der Waals surface area contributed by atoms with Gasteiger partial charge in [0.05, 0.1) is 20.8 Å². The molecule has 0 radical (unpaired) electrons. The maximum atomic E-state index is 12.3. The van der Waals surface area contributed by atoms with E-state index in [1.54, 1.807) is 55.2 Å². The molecule has 3 heterocycles. The predicted octanol–water partition coefficient (Wildman–Crippen LogP) is 5.58. The number of anilines is 1. The molecule has 0 aliphatic rings. The number of phosphoric acid groups is 1. The van der Waals surface area contributed by atoms with Crippen LogP contribution in [0.25, 0.3) is 33.3 Å². The number of aromatic nitrogens is 3. The first-order chi connectivity index (χ1) is 18.7. The zero-order chi connectivity index (χ0) is 28.2. The third kappa shape index (κ3) is 6.35. The van der Waals surface area contributed by atoms with E-state index in [4.69, 9.17) is 18.5 Å². The Morgan fingerprint density at radius 2 is 1.95 bits per heavy atom. The smallest absolute Gasteiger partial charge is 0.474 e. The fourth-order valence-electron chi connectivity index (χ4n) is 4.07. The van der Waals surface area contributed by atoms with Gasteiger partial charge in [0.1, 0.15) is 17.6 Å². The lowest BCUT2D eigenvalue weighted by Crippen LogP contribution is -2.09. The molecule has 0 bridgehead atoms. The van der Waals surface area contributed by atoms with Crippen molar-refractivity contribution in [3.05, 3.63) is 67.6 Å². The Hall–Kier alpha value is -4.02. The topological polar surface area (TPSA) is 134 Å². The molecular formula is C27H29N4O7P. The molecule has 11 nitrogen and oxygen atoms in total. The molecule has 0 aliphatic heterocycles. The van der Waals surface area contributed by atoms with Crippen LogP contribution >= 0.6 is 7.82 Å². The van der Waals surface area contributed by atoms with E-state index in [-0.39, 0.29) is 12.5 Å². The number of phosphoric ester groups is 1. The molecule has 0 fully saturated rings. The van der Waals surface area contributed by atoms with Gasteiger partial charge in [-0.1, -0.05) is 6.58 Å². The van der Waals surface area contributed by atoms with Crippen LogP contribution in [0.3, 0.4) is 0 Å². The van der Waals surface area contributed by atoms with Gasteiger partial charge in [-0.05, 0) is 55.3 Å². The van der Waals surface area contributed by atoms with Crippen molar-refractivity contribution in [2.45, 2.75) is 20.1 Å². The van der Waals surface area contributed by atoms with Gasteiger partial charge in [0.2, 0.25) is 11.8 Å². The van der Waals surface area contributed by atoms with Crippen LogP contribution in [0.15, 0.2) is 67.6 Å². The van der Waals surface area contributed by atoms with E-state index in [2.05, 4.69) is 21.9 Å². The van der Waals surface area contributed by atoms with Crippen molar-refractivity contribution in [2.24, 2.45) is 0 Å². The minimum absolute atomic E-state index is 0.0202. The molecule has 1 amide bonds. The summed E-state index contributed by atoms with van der Waals surface area (Å²) in [6.07, 6.45) is 5.38. The zero-order valence-electron chi connectivity index (χ0n) is 22.0. The van der Waals surface area contributed by atoms with E-state index in [0.29, 0.717) is 23.0 Å². The molecule has 12 heteroatoms. The molecule has 0 saturated heterocycles. The van der Waals surface area contributed by atoms with Gasteiger partial charge < -0.3 is 24.3 Å². The standard InChI is InChI=1S/C27H29N4O7P/c1-6-25(32)30-21-10-19(11-22(14-21)35-4)20-12-23-24(18-8-9-28-26(13-18)36-5)16-31(27(23)29-15-20)17(3)38-39(33,34)37-7-2/h6,8-17H,1,7H2,2-5H3,(H,30,32)(H,33,34). The van der Waals surface area contributed by atoms with Crippen LogP contribution in [0.1, 0.15) is 20.1 Å². The van der Waals surface area contributed by atoms with Crippen LogP contribution in [0.4, 0.5) is 5.69 Å². The molecule has 1 aromatic carbocycles. The van der Waals surface area contributed by atoms with Crippen molar-refractivity contribution in [3.8, 4) is 33.9 Å². The summed E-state index contributed by atoms with van der Waals surface area (Å²) in [5.74, 6) is 0.615. The summed E-state index contributed by atoms with van der Waals surface area (Å²) >= 11 is 0. The van der Waals surface area contributed by atoms with Gasteiger partial charge in [0, 0.05) is 52.9 Å². The lowest BCUT2D eigenvalue weighted by atomic mass is 10.0. The molecule has 4 aromatic rings. The number of amides is 1. The lowest BCUT2D eigenvalue weighted by molar-refractivity contribution is -0.111. The number of fused-ring (bicyclic) bond motifs is 1. The second kappa shape index (κ2) is 11.8. The molecule has 4 rings (SSSR count). The normalized spacial score (nSPS) is 13.5. The molecular weight excluding hydrogens is 523 g/mol. The van der Waals surface area contributed by atoms with Gasteiger partial charge in [0.15, 0.2) is 0 Å². The monoisotopic (exact) mass is 552 g/mol. The van der Waals surface area contributed by atoms with E-state index in [1.807, 2.05) is 18.2 Å². The van der Waals surface area contributed by atoms with Gasteiger partial charge in [-0.15, -0.1) is 0 Å². The SMILES string of the molecule is C=CC(=O)Nc1cc(OC)cc(-c2cnc3c(c2)c(-c2ccnc(OC)c2)cn3C(C)OP(=O)(O)OCC)c1. The Balaban J connectivity index is 1.88. The van der Waals surface area contributed by atoms with Crippen molar-refractivity contribution in [2.75, 3.05) is 26.1 Å². The van der Waals surface area contributed by atoms with Crippen molar-refractivity contribution in [1.29, 1.82) is 0 Å². The van der Waals surface area contributed by atoms with Crippen LogP contribution in [0.5, 0.6) is 11.6 Å². The minimum atomic E-state index is -4.29. The maximum Gasteiger partial charge on any atom is 0.474 e. The summed E-state index contributed by atoms with van der Waals surface area (Å²) in [6.45, 7) is 6.75. The van der Waals surface area contributed by atoms with Crippen LogP contribution in [-0.2, 0) is 18.4 Å². The Morgan fingerprint density at radius 3 is 2.64 bits per heavy atom. The fourth-order valence-corrected chi connectivity index (χ4v) is 4.95. The Labute approximate surface area is 225 Å². The maximum absolute atomic E-state index is 12.3. The average molecular weight is 553 g/mol. The zero-order valence-corrected chi connectivity index (χ0v) is 22.8. The second-order valence-corrected chi connectivity index (χ2v) is 9.77. The Bertz CT molecular complexity index is 1570. The first-order valence-corrected chi connectivity index (χ1v) is 13.5. The lowest BCUT2D eigenvalue weighted by Gasteiger charge is -2.18. The van der Waals surface area contributed by atoms with Crippen molar-refractivity contribution in [3.63, 3.8) is 0 Å². The van der Waals surface area contributed by atoms with E-state index in [1.165, 1.54) is 20.3 Å². The highest BCUT2D eigenvalue weighted by Gasteiger charge is 2.26. The first-order valence-electron chi connectivity index (χ1n) is 12.0. The summed E-state index contributed by atoms with van der Waals surface area (Å²) in [5, 5.41) is 3.49. The summed E-state index contributed by atoms with van der Waals surface area (Å²) in [4.78, 5) is 30.8. The van der Waals surface area contributed by atoms with Crippen LogP contribution in [0.2, 0.25) is 0 Å². The molecule has 0 spiro atoms. The number of hydrogen-bond donors (Lipinski definition) is 2. The van der Waals surface area contributed by atoms with Gasteiger partial charge in [-0.3, -0.25) is 13.8 Å². The first kappa shape index (κ1) is 28.0. The third-order valence-corrected chi connectivity index (χ3v) is 6.98. The number of methoxy groups -OCH3 is 2. The summed E-state index contributed by atoms with van der Waals surface area (Å²) in [7, 11) is -1.22. The Morgan fingerprint density at radius 1 is 1.15 bits per heavy atom. The van der Waals surface area contributed by atoms with Gasteiger partial charge in [-0.2, -0.15) is 0 Å². The van der Waals surface area contributed by atoms with Crippen molar-refractivity contribution >= 4 is 30.5 Å². The fraction of sp³-hybridized carbons (Fsp3) is 0.222. The van der Waals surface area contributed by atoms with E-state index in [0.717, 1.165) is 27.6 Å². The third-order valence-electron chi connectivity index (χ3n) is 5.82. The number of nitrogens with zero attached hydrogens (tertiary/aromatic N) is 3. The van der Waals surface area contributed by atoms with Crippen LogP contribution in [-0.4, -0.2) is 46.2 Å². The van der Waals surface area contributed by atoms with Gasteiger partial charge >= 0.3 is 7.82 Å². The van der Waals surface area contributed by atoms with E-state index in [9.17, 15) is 14.3 Å². The molecule has 0 aliphatic carbocycles. The molecule has 2 unspecified atom stereocenters. The molecule has 2 atom stereocenters. The van der Waals surface area contributed by atoms with Gasteiger partial charge in [0.25, 0.3) is 0 Å². The van der Waals surface area contributed by atoms with Crippen LogP contribution in [0, 0.1) is 0 Å². The number of ether oxygens (including phenoxy) is 2. The average Bonchev–Trinajstić information content (AvgIpc) is 3.31. The largest absolute Gasteiger partial charge is 0.497 e. The highest BCUT2D eigenvalue weighted by atomic mass is 31.2. The minimum Gasteiger partial charge on any atom is -0.497 e. The number of carbonyl (C=O) groups is 1. The Kier molecular flexibility index (Phi) is 8.47. The highest BCUT2D eigenvalue weighted by Crippen LogP contribution is 2.47. The number of carbonyl (C=O) groups excluding carboxylic acids is 1. The highest BCUT2D eigenvalue weighted by molar-refractivity contribution is 7.47. The number of nitrogens with one attached hydrogen (secondary N) is 1. The summed E-state index contributed by atoms with van der Waals surface area (Å²) in [5.41, 5.74) is 4.08. The summed E-state index contributed by atoms with van der Waals surface area (Å²) in [6, 6.07) is 10.9. The predicted molar refractivity (Wildman–Crippen MR) is 148 cm³/mol. The molecule has 2 N–H and O–H groups in total. The van der Waals surface area contributed by atoms with Crippen molar-refractivity contribution < 1.29 is 32.8 Å². The van der Waals surface area contributed by atoms with Crippen molar-refractivity contribution in [1.82, 2.24) is 14.5 Å². The molecule has 0 saturated carbocycles. The summed E-state index contributed by atoms with van der Waals surface area (Å²) < 4.78 is 35.0. The van der Waals surface area contributed by atoms with Crippen LogP contribution < -0.4 is 14.8 Å². The molecule has 39 heavy (non-hydrogen) atoms. The quantitative estimate of drug-likeness (QED) is 0.181. The number of benzene rings is 1. The number of hydrogen-bond acceptors (Lipinski definition) is 8. The van der Waals surface area contributed by atoms with Gasteiger partial charge in [-0.25, -0.2) is 14.5 Å². The van der Waals surface area contributed by atoms with E-state index >= 15 is 0 Å². The molecule has 3 aromatic heterocycles.